The van der Waals surface area contributed by atoms with E-state index in [-0.39, 0.29) is 6.10 Å². The van der Waals surface area contributed by atoms with Gasteiger partial charge in [0.05, 0.1) is 6.10 Å². The number of piperidine rings is 1. The Kier molecular flexibility index (Phi) is 5.15. The fourth-order valence-electron chi connectivity index (χ4n) is 3.57. The number of aliphatic hydroxyl groups is 1. The van der Waals surface area contributed by atoms with Crippen molar-refractivity contribution in [3.05, 3.63) is 29.8 Å². The Balaban J connectivity index is 1.58. The molecule has 2 heterocycles. The van der Waals surface area contributed by atoms with E-state index in [0.717, 1.165) is 32.5 Å². The number of rotatable bonds is 3. The predicted octanol–water partition coefficient (Wildman–Crippen LogP) is 3.02. The number of aliphatic hydroxyl groups excluding tert-OH is 1. The van der Waals surface area contributed by atoms with Gasteiger partial charge in [-0.1, -0.05) is 25.0 Å². The molecule has 2 aliphatic rings. The van der Waals surface area contributed by atoms with E-state index in [1.807, 2.05) is 0 Å². The van der Waals surface area contributed by atoms with Gasteiger partial charge in [-0.3, -0.25) is 4.90 Å². The van der Waals surface area contributed by atoms with Crippen molar-refractivity contribution < 1.29 is 5.11 Å². The maximum Gasteiger partial charge on any atom is 0.0667 e. The van der Waals surface area contributed by atoms with E-state index in [1.54, 1.807) is 0 Å². The Morgan fingerprint density at radius 1 is 0.905 bits per heavy atom. The van der Waals surface area contributed by atoms with Crippen LogP contribution in [0, 0.1) is 0 Å². The first kappa shape index (κ1) is 14.9. The largest absolute Gasteiger partial charge is 0.392 e. The molecule has 21 heavy (non-hydrogen) atoms. The van der Waals surface area contributed by atoms with Crippen LogP contribution in [0.1, 0.15) is 44.1 Å². The van der Waals surface area contributed by atoms with Crippen molar-refractivity contribution in [2.75, 3.05) is 31.1 Å². The number of hydrogen-bond acceptors (Lipinski definition) is 3. The summed E-state index contributed by atoms with van der Waals surface area (Å²) < 4.78 is 0. The van der Waals surface area contributed by atoms with Crippen LogP contribution in [0.2, 0.25) is 0 Å². The minimum absolute atomic E-state index is 0.130. The van der Waals surface area contributed by atoms with Crippen molar-refractivity contribution in [1.29, 1.82) is 0 Å². The van der Waals surface area contributed by atoms with Gasteiger partial charge in [0.15, 0.2) is 0 Å². The van der Waals surface area contributed by atoms with Gasteiger partial charge in [-0.25, -0.2) is 0 Å². The zero-order chi connectivity index (χ0) is 14.5. The molecule has 0 aliphatic carbocycles. The molecule has 1 unspecified atom stereocenters. The molecule has 1 aromatic rings. The maximum absolute atomic E-state index is 9.75. The highest BCUT2D eigenvalue weighted by molar-refractivity contribution is 5.47. The van der Waals surface area contributed by atoms with Crippen LogP contribution >= 0.6 is 0 Å². The molecule has 0 amide bonds. The van der Waals surface area contributed by atoms with Gasteiger partial charge in [0, 0.05) is 31.9 Å². The van der Waals surface area contributed by atoms with E-state index in [9.17, 15) is 5.11 Å². The molecule has 3 nitrogen and oxygen atoms in total. The molecule has 2 saturated heterocycles. The summed E-state index contributed by atoms with van der Waals surface area (Å²) >= 11 is 0. The lowest BCUT2D eigenvalue weighted by Gasteiger charge is -2.30. The molecular formula is C18H28N2O. The number of β-amino-alcohol motifs (C(OH)–C–C–N with tert-alkyl or cyclic N) is 1. The lowest BCUT2D eigenvalue weighted by Crippen LogP contribution is -2.37. The summed E-state index contributed by atoms with van der Waals surface area (Å²) in [6.07, 6.45) is 7.37. The predicted molar refractivity (Wildman–Crippen MR) is 87.6 cm³/mol. The zero-order valence-electron chi connectivity index (χ0n) is 13.0. The van der Waals surface area contributed by atoms with E-state index in [2.05, 4.69) is 34.1 Å². The molecule has 1 N–H and O–H groups in total. The molecule has 0 spiro atoms. The fraction of sp³-hybridized carbons (Fsp3) is 0.667. The number of benzene rings is 1. The summed E-state index contributed by atoms with van der Waals surface area (Å²) in [5.41, 5.74) is 2.74. The van der Waals surface area contributed by atoms with E-state index >= 15 is 0 Å². The minimum atomic E-state index is -0.130. The molecule has 1 aromatic carbocycles. The van der Waals surface area contributed by atoms with E-state index in [1.165, 1.54) is 50.0 Å². The van der Waals surface area contributed by atoms with Gasteiger partial charge in [-0.05, 0) is 49.9 Å². The Bertz CT molecular complexity index is 423. The van der Waals surface area contributed by atoms with Crippen molar-refractivity contribution in [2.24, 2.45) is 0 Å². The first-order valence-electron chi connectivity index (χ1n) is 8.55. The molecule has 1 atom stereocenters. The third-order valence-corrected chi connectivity index (χ3v) is 4.79. The van der Waals surface area contributed by atoms with Gasteiger partial charge < -0.3 is 10.0 Å². The van der Waals surface area contributed by atoms with Crippen LogP contribution in [0.25, 0.3) is 0 Å². The van der Waals surface area contributed by atoms with Gasteiger partial charge >= 0.3 is 0 Å². The lowest BCUT2D eigenvalue weighted by molar-refractivity contribution is 0.0668. The molecule has 0 bridgehead atoms. The zero-order valence-corrected chi connectivity index (χ0v) is 13.0. The van der Waals surface area contributed by atoms with Crippen molar-refractivity contribution in [3.63, 3.8) is 0 Å². The Hall–Kier alpha value is -1.06. The molecule has 2 fully saturated rings. The smallest absolute Gasteiger partial charge is 0.0667 e. The normalized spacial score (nSPS) is 24.8. The van der Waals surface area contributed by atoms with Crippen LogP contribution < -0.4 is 4.90 Å². The molecule has 0 aromatic heterocycles. The SMILES string of the molecule is OC1CCCN(Cc2ccc(N3CCCCCC3)cc2)C1. The number of nitrogens with zero attached hydrogens (tertiary/aromatic N) is 2. The van der Waals surface area contributed by atoms with Crippen LogP contribution in [0.5, 0.6) is 0 Å². The number of likely N-dealkylation sites (tertiary alicyclic amines) is 1. The Morgan fingerprint density at radius 2 is 1.62 bits per heavy atom. The molecule has 3 rings (SSSR count). The van der Waals surface area contributed by atoms with Crippen LogP contribution in [0.4, 0.5) is 5.69 Å². The molecule has 0 saturated carbocycles. The second-order valence-corrected chi connectivity index (χ2v) is 6.60. The Morgan fingerprint density at radius 3 is 2.29 bits per heavy atom. The standard InChI is InChI=1S/C18H28N2O/c21-18-6-5-11-19(15-18)14-16-7-9-17(10-8-16)20-12-3-1-2-4-13-20/h7-10,18,21H,1-6,11-15H2. The molecular weight excluding hydrogens is 260 g/mol. The summed E-state index contributed by atoms with van der Waals surface area (Å²) in [7, 11) is 0. The quantitative estimate of drug-likeness (QED) is 0.926. The van der Waals surface area contributed by atoms with Gasteiger partial charge in [0.25, 0.3) is 0 Å². The molecule has 0 radical (unpaired) electrons. The van der Waals surface area contributed by atoms with Crippen molar-refractivity contribution in [1.82, 2.24) is 4.90 Å². The summed E-state index contributed by atoms with van der Waals surface area (Å²) in [4.78, 5) is 4.90. The maximum atomic E-state index is 9.75. The number of hydrogen-bond donors (Lipinski definition) is 1. The van der Waals surface area contributed by atoms with Crippen molar-refractivity contribution >= 4 is 5.69 Å². The minimum Gasteiger partial charge on any atom is -0.392 e. The van der Waals surface area contributed by atoms with Crippen LogP contribution in [0.3, 0.4) is 0 Å². The first-order valence-corrected chi connectivity index (χ1v) is 8.55. The summed E-state index contributed by atoms with van der Waals surface area (Å²) in [5, 5.41) is 9.75. The first-order chi connectivity index (χ1) is 10.3. The van der Waals surface area contributed by atoms with E-state index < -0.39 is 0 Å². The van der Waals surface area contributed by atoms with Gasteiger partial charge in [0.1, 0.15) is 0 Å². The second kappa shape index (κ2) is 7.28. The summed E-state index contributed by atoms with van der Waals surface area (Å²) in [6, 6.07) is 9.09. The summed E-state index contributed by atoms with van der Waals surface area (Å²) in [6.45, 7) is 5.32. The van der Waals surface area contributed by atoms with Crippen LogP contribution in [-0.2, 0) is 6.54 Å². The average molecular weight is 288 g/mol. The highest BCUT2D eigenvalue weighted by Crippen LogP contribution is 2.21. The highest BCUT2D eigenvalue weighted by Gasteiger charge is 2.17. The molecule has 3 heteroatoms. The second-order valence-electron chi connectivity index (χ2n) is 6.60. The Labute approximate surface area is 128 Å². The molecule has 2 aliphatic heterocycles. The lowest BCUT2D eigenvalue weighted by atomic mass is 10.1. The highest BCUT2D eigenvalue weighted by atomic mass is 16.3. The average Bonchev–Trinajstić information content (AvgIpc) is 2.77. The summed E-state index contributed by atoms with van der Waals surface area (Å²) in [5.74, 6) is 0. The fourth-order valence-corrected chi connectivity index (χ4v) is 3.57. The third-order valence-electron chi connectivity index (χ3n) is 4.79. The van der Waals surface area contributed by atoms with Crippen LogP contribution in [0.15, 0.2) is 24.3 Å². The van der Waals surface area contributed by atoms with Crippen LogP contribution in [-0.4, -0.2) is 42.3 Å². The topological polar surface area (TPSA) is 26.7 Å². The van der Waals surface area contributed by atoms with E-state index in [0.29, 0.717) is 0 Å². The monoisotopic (exact) mass is 288 g/mol. The third kappa shape index (κ3) is 4.21. The van der Waals surface area contributed by atoms with Crippen molar-refractivity contribution in [2.45, 2.75) is 51.2 Å². The number of anilines is 1. The van der Waals surface area contributed by atoms with Gasteiger partial charge in [-0.2, -0.15) is 0 Å². The van der Waals surface area contributed by atoms with Gasteiger partial charge in [-0.15, -0.1) is 0 Å². The molecule has 116 valence electrons. The van der Waals surface area contributed by atoms with Crippen molar-refractivity contribution in [3.8, 4) is 0 Å². The van der Waals surface area contributed by atoms with Gasteiger partial charge in [0.2, 0.25) is 0 Å². The van der Waals surface area contributed by atoms with E-state index in [4.69, 9.17) is 0 Å².